The van der Waals surface area contributed by atoms with Gasteiger partial charge in [0.15, 0.2) is 0 Å². The number of ether oxygens (including phenoxy) is 2. The number of likely N-dealkylation sites (tertiary alicyclic amines) is 2. The van der Waals surface area contributed by atoms with Crippen molar-refractivity contribution in [3.8, 4) is 0 Å². The average molecular weight is 336 g/mol. The first-order chi connectivity index (χ1) is 11.6. The molecule has 2 rings (SSSR count). The van der Waals surface area contributed by atoms with Crippen LogP contribution in [0.5, 0.6) is 0 Å². The van der Waals surface area contributed by atoms with Gasteiger partial charge in [-0.1, -0.05) is 6.58 Å². The third-order valence-corrected chi connectivity index (χ3v) is 4.08. The number of nitrogens with zero attached hydrogens (tertiary/aromatic N) is 2. The van der Waals surface area contributed by atoms with E-state index in [0.29, 0.717) is 26.1 Å². The molecule has 0 bridgehead atoms. The van der Waals surface area contributed by atoms with Crippen LogP contribution in [0.25, 0.3) is 0 Å². The van der Waals surface area contributed by atoms with Crippen molar-refractivity contribution in [3.63, 3.8) is 0 Å². The van der Waals surface area contributed by atoms with E-state index in [1.807, 2.05) is 0 Å². The predicted molar refractivity (Wildman–Crippen MR) is 86.8 cm³/mol. The summed E-state index contributed by atoms with van der Waals surface area (Å²) < 4.78 is 9.99. The van der Waals surface area contributed by atoms with Crippen LogP contribution in [0.1, 0.15) is 25.7 Å². The van der Waals surface area contributed by atoms with E-state index in [1.54, 1.807) is 4.90 Å². The Morgan fingerprint density at radius 1 is 0.958 bits per heavy atom. The molecule has 0 saturated carbocycles. The molecule has 2 aliphatic rings. The minimum absolute atomic E-state index is 0.0888. The van der Waals surface area contributed by atoms with Crippen LogP contribution in [0.2, 0.25) is 0 Å². The molecule has 0 aromatic heterocycles. The zero-order valence-electron chi connectivity index (χ0n) is 13.9. The fourth-order valence-electron chi connectivity index (χ4n) is 2.75. The third kappa shape index (κ3) is 5.72. The minimum Gasteiger partial charge on any atom is -0.461 e. The first kappa shape index (κ1) is 18.0. The second-order valence-corrected chi connectivity index (χ2v) is 5.81. The lowest BCUT2D eigenvalue weighted by atomic mass is 10.3. The normalized spacial score (nSPS) is 17.8. The smallest absolute Gasteiger partial charge is 0.331 e. The van der Waals surface area contributed by atoms with Crippen LogP contribution in [-0.2, 0) is 23.9 Å². The van der Waals surface area contributed by atoms with Crippen molar-refractivity contribution in [2.24, 2.45) is 0 Å². The molecule has 0 N–H and O–H groups in total. The predicted octanol–water partition coefficient (Wildman–Crippen LogP) is 0.861. The van der Waals surface area contributed by atoms with E-state index in [1.165, 1.54) is 0 Å². The molecule has 7 heteroatoms. The van der Waals surface area contributed by atoms with Gasteiger partial charge in [-0.05, 0) is 19.3 Å². The Labute approximate surface area is 141 Å². The highest BCUT2D eigenvalue weighted by Crippen LogP contribution is 2.17. The average Bonchev–Trinajstić information content (AvgIpc) is 3.14. The van der Waals surface area contributed by atoms with Gasteiger partial charge in [0, 0.05) is 37.4 Å². The second kappa shape index (κ2) is 9.10. The molecule has 1 amide bonds. The van der Waals surface area contributed by atoms with Crippen LogP contribution in [0, 0.1) is 0 Å². The van der Waals surface area contributed by atoms with Crippen LogP contribution >= 0.6 is 0 Å². The first-order valence-corrected chi connectivity index (χ1v) is 8.28. The summed E-state index contributed by atoms with van der Waals surface area (Å²) in [6, 6.07) is 0. The zero-order valence-corrected chi connectivity index (χ0v) is 13.9. The number of allylic oxidation sites excluding steroid dienone is 1. The van der Waals surface area contributed by atoms with Gasteiger partial charge in [0.05, 0.1) is 13.1 Å². The van der Waals surface area contributed by atoms with Crippen LogP contribution in [0.3, 0.4) is 0 Å². The molecule has 0 aromatic carbocycles. The van der Waals surface area contributed by atoms with E-state index in [-0.39, 0.29) is 19.1 Å². The molecule has 0 atom stereocenters. The van der Waals surface area contributed by atoms with Crippen LogP contribution < -0.4 is 0 Å². The van der Waals surface area contributed by atoms with Crippen LogP contribution in [0.15, 0.2) is 24.4 Å². The van der Waals surface area contributed by atoms with Crippen molar-refractivity contribution in [2.75, 3.05) is 39.4 Å². The van der Waals surface area contributed by atoms with E-state index in [0.717, 1.165) is 43.7 Å². The molecule has 132 valence electrons. The number of amides is 1. The Hall–Kier alpha value is -2.31. The lowest BCUT2D eigenvalue weighted by Crippen LogP contribution is -2.29. The highest BCUT2D eigenvalue weighted by Gasteiger charge is 2.19. The standard InChI is InChI=1S/C17H24N2O5/c1-14-4-2-8-18(14)10-12-23-16(21)6-7-17(22)24-13-11-19-9-3-5-15(19)20/h6-7H,1-5,8-13H2/b7-6-. The summed E-state index contributed by atoms with van der Waals surface area (Å²) in [5.74, 6) is -1.11. The molecular weight excluding hydrogens is 312 g/mol. The molecule has 2 heterocycles. The van der Waals surface area contributed by atoms with E-state index < -0.39 is 11.9 Å². The van der Waals surface area contributed by atoms with Crippen molar-refractivity contribution in [1.29, 1.82) is 0 Å². The fraction of sp³-hybridized carbons (Fsp3) is 0.588. The van der Waals surface area contributed by atoms with Crippen molar-refractivity contribution < 1.29 is 23.9 Å². The molecule has 2 saturated heterocycles. The fourth-order valence-corrected chi connectivity index (χ4v) is 2.75. The quantitative estimate of drug-likeness (QED) is 0.483. The number of hydrogen-bond acceptors (Lipinski definition) is 6. The van der Waals surface area contributed by atoms with Crippen molar-refractivity contribution in [2.45, 2.75) is 25.7 Å². The lowest BCUT2D eigenvalue weighted by Gasteiger charge is -2.18. The van der Waals surface area contributed by atoms with Gasteiger partial charge in [-0.25, -0.2) is 9.59 Å². The minimum atomic E-state index is -0.619. The Balaban J connectivity index is 1.55. The Kier molecular flexibility index (Phi) is 6.84. The summed E-state index contributed by atoms with van der Waals surface area (Å²) in [7, 11) is 0. The maximum absolute atomic E-state index is 11.5. The summed E-state index contributed by atoms with van der Waals surface area (Å²) in [6.45, 7) is 6.99. The van der Waals surface area contributed by atoms with Gasteiger partial charge in [-0.3, -0.25) is 4.79 Å². The molecule has 0 aliphatic carbocycles. The molecular formula is C17H24N2O5. The highest BCUT2D eigenvalue weighted by molar-refractivity contribution is 5.91. The molecule has 24 heavy (non-hydrogen) atoms. The SMILES string of the molecule is C=C1CCCN1CCOC(=O)/C=C\C(=O)OCCN1CCCC1=O. The van der Waals surface area contributed by atoms with Gasteiger partial charge < -0.3 is 19.3 Å². The maximum atomic E-state index is 11.5. The topological polar surface area (TPSA) is 76.2 Å². The number of carbonyl (C=O) groups excluding carboxylic acids is 3. The summed E-state index contributed by atoms with van der Waals surface area (Å²) in [4.78, 5) is 38.1. The maximum Gasteiger partial charge on any atom is 0.331 e. The van der Waals surface area contributed by atoms with Gasteiger partial charge in [-0.2, -0.15) is 0 Å². The molecule has 0 unspecified atom stereocenters. The Morgan fingerprint density at radius 3 is 2.00 bits per heavy atom. The number of esters is 2. The lowest BCUT2D eigenvalue weighted by molar-refractivity contribution is -0.141. The number of hydrogen-bond donors (Lipinski definition) is 0. The van der Waals surface area contributed by atoms with E-state index >= 15 is 0 Å². The molecule has 0 aromatic rings. The first-order valence-electron chi connectivity index (χ1n) is 8.28. The van der Waals surface area contributed by atoms with E-state index in [9.17, 15) is 14.4 Å². The second-order valence-electron chi connectivity index (χ2n) is 5.81. The van der Waals surface area contributed by atoms with Gasteiger partial charge >= 0.3 is 11.9 Å². The highest BCUT2D eigenvalue weighted by atomic mass is 16.5. The summed E-state index contributed by atoms with van der Waals surface area (Å²) >= 11 is 0. The summed E-state index contributed by atoms with van der Waals surface area (Å²) in [5.41, 5.74) is 1.07. The number of rotatable bonds is 8. The Bertz CT molecular complexity index is 483. The molecule has 7 nitrogen and oxygen atoms in total. The van der Waals surface area contributed by atoms with Crippen LogP contribution in [0.4, 0.5) is 0 Å². The van der Waals surface area contributed by atoms with Gasteiger partial charge in [0.25, 0.3) is 0 Å². The number of carbonyl (C=O) groups is 3. The van der Waals surface area contributed by atoms with Gasteiger partial charge in [0.2, 0.25) is 5.91 Å². The van der Waals surface area contributed by atoms with Crippen molar-refractivity contribution >= 4 is 17.8 Å². The van der Waals surface area contributed by atoms with Crippen molar-refractivity contribution in [3.05, 3.63) is 24.4 Å². The molecule has 0 radical (unpaired) electrons. The molecule has 0 spiro atoms. The van der Waals surface area contributed by atoms with Crippen LogP contribution in [-0.4, -0.2) is 67.0 Å². The van der Waals surface area contributed by atoms with Gasteiger partial charge in [-0.15, -0.1) is 0 Å². The zero-order chi connectivity index (χ0) is 17.4. The van der Waals surface area contributed by atoms with Crippen molar-refractivity contribution in [1.82, 2.24) is 9.80 Å². The third-order valence-electron chi connectivity index (χ3n) is 4.08. The van der Waals surface area contributed by atoms with Gasteiger partial charge in [0.1, 0.15) is 13.2 Å². The monoisotopic (exact) mass is 336 g/mol. The largest absolute Gasteiger partial charge is 0.461 e. The summed E-state index contributed by atoms with van der Waals surface area (Å²) in [5, 5.41) is 0. The van der Waals surface area contributed by atoms with E-state index in [4.69, 9.17) is 9.47 Å². The molecule has 2 fully saturated rings. The summed E-state index contributed by atoms with van der Waals surface area (Å²) in [6.07, 6.45) is 5.59. The molecule has 2 aliphatic heterocycles. The van der Waals surface area contributed by atoms with E-state index in [2.05, 4.69) is 11.5 Å². The Morgan fingerprint density at radius 2 is 1.50 bits per heavy atom.